The number of hydrogen-bond acceptors (Lipinski definition) is 4. The van der Waals surface area contributed by atoms with Gasteiger partial charge in [0.25, 0.3) is 0 Å². The number of nitrogens with one attached hydrogen (secondary N) is 1. The van der Waals surface area contributed by atoms with Crippen molar-refractivity contribution in [1.82, 2.24) is 5.32 Å². The summed E-state index contributed by atoms with van der Waals surface area (Å²) < 4.78 is 0. The van der Waals surface area contributed by atoms with Gasteiger partial charge < -0.3 is 21.4 Å². The topological polar surface area (TPSA) is 90.9 Å². The van der Waals surface area contributed by atoms with Crippen molar-refractivity contribution in [2.45, 2.75) is 44.2 Å². The molecule has 1 aliphatic carbocycles. The highest BCUT2D eigenvalue weighted by molar-refractivity contribution is 5.96. The van der Waals surface area contributed by atoms with Crippen LogP contribution in [0, 0.1) is 0 Å². The number of aliphatic hydroxyl groups is 1. The van der Waals surface area contributed by atoms with Gasteiger partial charge in [-0.1, -0.05) is 48.7 Å². The van der Waals surface area contributed by atoms with Gasteiger partial charge in [0.05, 0.1) is 6.61 Å². The van der Waals surface area contributed by atoms with Crippen LogP contribution in [0.2, 0.25) is 0 Å². The molecule has 1 saturated carbocycles. The van der Waals surface area contributed by atoms with Crippen LogP contribution in [0.15, 0.2) is 29.4 Å². The van der Waals surface area contributed by atoms with Crippen molar-refractivity contribution in [3.05, 3.63) is 35.4 Å². The monoisotopic (exact) mass is 277 g/mol. The summed E-state index contributed by atoms with van der Waals surface area (Å²) >= 11 is 0. The van der Waals surface area contributed by atoms with Gasteiger partial charge in [0.2, 0.25) is 0 Å². The fourth-order valence-corrected chi connectivity index (χ4v) is 2.76. The van der Waals surface area contributed by atoms with E-state index in [1.54, 1.807) is 0 Å². The minimum Gasteiger partial charge on any atom is -0.409 e. The lowest BCUT2D eigenvalue weighted by Crippen LogP contribution is -2.49. The predicted octanol–water partition coefficient (Wildman–Crippen LogP) is 1.57. The van der Waals surface area contributed by atoms with Gasteiger partial charge in [-0.15, -0.1) is 0 Å². The normalized spacial score (nSPS) is 18.9. The summed E-state index contributed by atoms with van der Waals surface area (Å²) in [7, 11) is 0. The number of benzene rings is 1. The molecule has 0 saturated heterocycles. The molecule has 0 aromatic heterocycles. The number of nitrogens with two attached hydrogens (primary N) is 1. The molecule has 1 aromatic rings. The highest BCUT2D eigenvalue weighted by Gasteiger charge is 2.30. The number of oxime groups is 1. The van der Waals surface area contributed by atoms with Crippen molar-refractivity contribution in [2.24, 2.45) is 10.9 Å². The number of amidine groups is 1. The van der Waals surface area contributed by atoms with Crippen molar-refractivity contribution in [3.63, 3.8) is 0 Å². The van der Waals surface area contributed by atoms with E-state index in [0.29, 0.717) is 5.56 Å². The lowest BCUT2D eigenvalue weighted by molar-refractivity contribution is 0.119. The molecular weight excluding hydrogens is 254 g/mol. The lowest BCUT2D eigenvalue weighted by atomic mass is 9.82. The largest absolute Gasteiger partial charge is 0.409 e. The third-order valence-corrected chi connectivity index (χ3v) is 4.14. The Labute approximate surface area is 119 Å². The van der Waals surface area contributed by atoms with Gasteiger partial charge >= 0.3 is 0 Å². The molecule has 1 aliphatic rings. The molecule has 0 heterocycles. The fourth-order valence-electron chi connectivity index (χ4n) is 2.76. The van der Waals surface area contributed by atoms with Gasteiger partial charge in [-0.25, -0.2) is 0 Å². The van der Waals surface area contributed by atoms with Crippen LogP contribution in [-0.2, 0) is 6.54 Å². The summed E-state index contributed by atoms with van der Waals surface area (Å²) in [6.07, 6.45) is 5.68. The minimum absolute atomic E-state index is 0.114. The summed E-state index contributed by atoms with van der Waals surface area (Å²) in [6, 6.07) is 7.57. The molecule has 2 rings (SSSR count). The second kappa shape index (κ2) is 6.72. The molecule has 5 heteroatoms. The van der Waals surface area contributed by atoms with E-state index >= 15 is 0 Å². The molecule has 5 N–H and O–H groups in total. The molecule has 0 spiro atoms. The Hall–Kier alpha value is -1.59. The van der Waals surface area contributed by atoms with E-state index in [9.17, 15) is 5.11 Å². The minimum atomic E-state index is -0.123. The van der Waals surface area contributed by atoms with E-state index in [2.05, 4.69) is 10.5 Å². The van der Waals surface area contributed by atoms with Crippen LogP contribution in [0.25, 0.3) is 0 Å². The van der Waals surface area contributed by atoms with E-state index in [1.807, 2.05) is 24.3 Å². The standard InChI is InChI=1S/C15H23N3O2/c16-14(18-20)13-6-4-12(5-7-13)10-17-15(11-19)8-2-1-3-9-15/h4-7,17,19-20H,1-3,8-11H2,(H2,16,18). The van der Waals surface area contributed by atoms with E-state index in [4.69, 9.17) is 10.9 Å². The van der Waals surface area contributed by atoms with Gasteiger partial charge in [0.15, 0.2) is 5.84 Å². The first-order valence-electron chi connectivity index (χ1n) is 7.12. The number of hydrogen-bond donors (Lipinski definition) is 4. The van der Waals surface area contributed by atoms with E-state index < -0.39 is 0 Å². The van der Waals surface area contributed by atoms with Crippen LogP contribution in [0.5, 0.6) is 0 Å². The Kier molecular flexibility index (Phi) is 4.98. The van der Waals surface area contributed by atoms with Crippen molar-refractivity contribution >= 4 is 5.84 Å². The summed E-state index contributed by atoms with van der Waals surface area (Å²) in [6.45, 7) is 0.909. The zero-order valence-corrected chi connectivity index (χ0v) is 11.7. The molecule has 110 valence electrons. The average molecular weight is 277 g/mol. The predicted molar refractivity (Wildman–Crippen MR) is 78.7 cm³/mol. The third-order valence-electron chi connectivity index (χ3n) is 4.14. The molecule has 1 aromatic carbocycles. The first-order valence-corrected chi connectivity index (χ1v) is 7.12. The van der Waals surface area contributed by atoms with Crippen LogP contribution in [0.1, 0.15) is 43.2 Å². The van der Waals surface area contributed by atoms with Gasteiger partial charge in [-0.05, 0) is 18.4 Å². The first kappa shape index (κ1) is 14.8. The molecule has 0 amide bonds. The van der Waals surface area contributed by atoms with Crippen LogP contribution in [0.3, 0.4) is 0 Å². The maximum atomic E-state index is 9.65. The Balaban J connectivity index is 1.96. The number of aliphatic hydroxyl groups excluding tert-OH is 1. The van der Waals surface area contributed by atoms with Gasteiger partial charge in [0.1, 0.15) is 0 Å². The second-order valence-corrected chi connectivity index (χ2v) is 5.53. The van der Waals surface area contributed by atoms with Crippen LogP contribution < -0.4 is 11.1 Å². The van der Waals surface area contributed by atoms with Crippen LogP contribution >= 0.6 is 0 Å². The number of rotatable bonds is 5. The number of nitrogens with zero attached hydrogens (tertiary/aromatic N) is 1. The van der Waals surface area contributed by atoms with Gasteiger partial charge in [0, 0.05) is 17.6 Å². The molecule has 1 fully saturated rings. The Morgan fingerprint density at radius 3 is 2.40 bits per heavy atom. The van der Waals surface area contributed by atoms with Crippen molar-refractivity contribution in [1.29, 1.82) is 0 Å². The van der Waals surface area contributed by atoms with Gasteiger partial charge in [-0.3, -0.25) is 0 Å². The zero-order chi connectivity index (χ0) is 14.4. The molecule has 0 radical (unpaired) electrons. The molecule has 20 heavy (non-hydrogen) atoms. The van der Waals surface area contributed by atoms with E-state index in [-0.39, 0.29) is 18.0 Å². The molecular formula is C15H23N3O2. The summed E-state index contributed by atoms with van der Waals surface area (Å²) in [5.41, 5.74) is 7.23. The Bertz CT molecular complexity index is 451. The smallest absolute Gasteiger partial charge is 0.170 e. The van der Waals surface area contributed by atoms with Crippen molar-refractivity contribution in [3.8, 4) is 0 Å². The third kappa shape index (κ3) is 3.49. The highest BCUT2D eigenvalue weighted by Crippen LogP contribution is 2.28. The Morgan fingerprint density at radius 2 is 1.85 bits per heavy atom. The SMILES string of the molecule is NC(=NO)c1ccc(CNC2(CO)CCCCC2)cc1. The van der Waals surface area contributed by atoms with E-state index in [1.165, 1.54) is 19.3 Å². The second-order valence-electron chi connectivity index (χ2n) is 5.53. The zero-order valence-electron chi connectivity index (χ0n) is 11.7. The summed E-state index contributed by atoms with van der Waals surface area (Å²) in [4.78, 5) is 0. The molecule has 0 aliphatic heterocycles. The molecule has 5 nitrogen and oxygen atoms in total. The Morgan fingerprint density at radius 1 is 1.20 bits per heavy atom. The van der Waals surface area contributed by atoms with Crippen LogP contribution in [-0.4, -0.2) is 28.3 Å². The average Bonchev–Trinajstić information content (AvgIpc) is 2.53. The molecule has 0 atom stereocenters. The maximum Gasteiger partial charge on any atom is 0.170 e. The van der Waals surface area contributed by atoms with Crippen LogP contribution in [0.4, 0.5) is 0 Å². The summed E-state index contributed by atoms with van der Waals surface area (Å²) in [5.74, 6) is 0.114. The molecule has 0 bridgehead atoms. The fraction of sp³-hybridized carbons (Fsp3) is 0.533. The van der Waals surface area contributed by atoms with Crippen molar-refractivity contribution < 1.29 is 10.3 Å². The van der Waals surface area contributed by atoms with E-state index in [0.717, 1.165) is 24.9 Å². The maximum absolute atomic E-state index is 9.65. The lowest BCUT2D eigenvalue weighted by Gasteiger charge is -2.36. The first-order chi connectivity index (χ1) is 9.69. The molecule has 0 unspecified atom stereocenters. The quantitative estimate of drug-likeness (QED) is 0.284. The van der Waals surface area contributed by atoms with Crippen molar-refractivity contribution in [2.75, 3.05) is 6.61 Å². The highest BCUT2D eigenvalue weighted by atomic mass is 16.4. The summed E-state index contributed by atoms with van der Waals surface area (Å²) in [5, 5.41) is 24.7. The van der Waals surface area contributed by atoms with Gasteiger partial charge in [-0.2, -0.15) is 0 Å².